The minimum atomic E-state index is -4.43. The molecule has 0 aliphatic rings. The molecule has 0 N–H and O–H groups in total. The first kappa shape index (κ1) is 23.2. The Bertz CT molecular complexity index is 1030. The molecular weight excluding hydrogens is 423 g/mol. The molecule has 0 fully saturated rings. The number of rotatable bonds is 6. The largest absolute Gasteiger partial charge is 0.416 e. The molecule has 1 unspecified atom stereocenters. The second kappa shape index (κ2) is 9.17. The molecule has 158 valence electrons. The van der Waals surface area contributed by atoms with Crippen molar-refractivity contribution in [1.82, 2.24) is 4.90 Å². The summed E-state index contributed by atoms with van der Waals surface area (Å²) >= 11 is 6.30. The van der Waals surface area contributed by atoms with Gasteiger partial charge in [0.1, 0.15) is 0 Å². The van der Waals surface area contributed by atoms with Crippen molar-refractivity contribution >= 4 is 33.4 Å². The van der Waals surface area contributed by atoms with Crippen LogP contribution in [-0.2, 0) is 22.5 Å². The van der Waals surface area contributed by atoms with E-state index in [4.69, 9.17) is 11.6 Å². The monoisotopic (exact) mass is 445 g/mol. The van der Waals surface area contributed by atoms with E-state index in [1.807, 2.05) is 18.9 Å². The highest BCUT2D eigenvalue weighted by molar-refractivity contribution is 7.93. The van der Waals surface area contributed by atoms with Gasteiger partial charge in [-0.15, -0.1) is 0 Å². The Morgan fingerprint density at radius 1 is 1.24 bits per heavy atom. The van der Waals surface area contributed by atoms with Crippen LogP contribution in [0.5, 0.6) is 0 Å². The number of aliphatic imine (C=N–C) groups is 1. The van der Waals surface area contributed by atoms with E-state index in [-0.39, 0.29) is 6.54 Å². The molecule has 0 heterocycles. The fraction of sp³-hybridized carbons (Fsp3) is 0.350. The van der Waals surface area contributed by atoms with E-state index >= 15 is 0 Å². The van der Waals surface area contributed by atoms with Crippen molar-refractivity contribution in [2.24, 2.45) is 9.36 Å². The number of benzene rings is 2. The van der Waals surface area contributed by atoms with E-state index in [1.54, 1.807) is 25.4 Å². The summed E-state index contributed by atoms with van der Waals surface area (Å²) in [5, 5.41) is 0.329. The van der Waals surface area contributed by atoms with E-state index in [0.717, 1.165) is 18.7 Å². The lowest BCUT2D eigenvalue weighted by molar-refractivity contribution is -0.137. The van der Waals surface area contributed by atoms with Gasteiger partial charge in [0.25, 0.3) is 0 Å². The summed E-state index contributed by atoms with van der Waals surface area (Å²) in [6.45, 7) is 4.45. The van der Waals surface area contributed by atoms with Gasteiger partial charge >= 0.3 is 6.18 Å². The summed E-state index contributed by atoms with van der Waals surface area (Å²) in [5.41, 5.74) is 0.815. The third kappa shape index (κ3) is 6.21. The molecule has 0 aliphatic carbocycles. The van der Waals surface area contributed by atoms with Crippen LogP contribution in [0.2, 0.25) is 5.02 Å². The number of aryl methyl sites for hydroxylation is 1. The molecule has 2 rings (SSSR count). The summed E-state index contributed by atoms with van der Waals surface area (Å²) in [6, 6.07) is 8.13. The van der Waals surface area contributed by atoms with Gasteiger partial charge in [-0.3, -0.25) is 0 Å². The van der Waals surface area contributed by atoms with Gasteiger partial charge in [0.15, 0.2) is 0 Å². The Labute approximate surface area is 174 Å². The second-order valence-electron chi connectivity index (χ2n) is 6.67. The quantitative estimate of drug-likeness (QED) is 0.408. The van der Waals surface area contributed by atoms with E-state index in [9.17, 15) is 17.4 Å². The molecule has 0 aliphatic heterocycles. The van der Waals surface area contributed by atoms with Crippen molar-refractivity contribution in [3.8, 4) is 0 Å². The van der Waals surface area contributed by atoms with Crippen molar-refractivity contribution in [3.63, 3.8) is 0 Å². The summed E-state index contributed by atoms with van der Waals surface area (Å²) in [4.78, 5) is 6.65. The van der Waals surface area contributed by atoms with Crippen molar-refractivity contribution in [1.29, 1.82) is 0 Å². The summed E-state index contributed by atoms with van der Waals surface area (Å²) in [6.07, 6.45) is -1.33. The number of halogens is 4. The Morgan fingerprint density at radius 3 is 2.55 bits per heavy atom. The normalized spacial score (nSPS) is 14.1. The number of hydrogen-bond donors (Lipinski definition) is 0. The van der Waals surface area contributed by atoms with Crippen LogP contribution < -0.4 is 0 Å². The minimum absolute atomic E-state index is 0.0997. The molecule has 2 aromatic carbocycles. The molecule has 0 saturated carbocycles. The average molecular weight is 446 g/mol. The zero-order valence-electron chi connectivity index (χ0n) is 16.6. The Hall–Kier alpha value is -2.06. The zero-order valence-corrected chi connectivity index (χ0v) is 18.2. The van der Waals surface area contributed by atoms with Crippen molar-refractivity contribution in [2.45, 2.75) is 31.5 Å². The molecule has 0 radical (unpaired) electrons. The number of alkyl halides is 3. The summed E-state index contributed by atoms with van der Waals surface area (Å²) in [7, 11) is -0.987. The summed E-state index contributed by atoms with van der Waals surface area (Å²) in [5.74, 6) is 0. The predicted octanol–water partition coefficient (Wildman–Crippen LogP) is 5.94. The standard InChI is InChI=1S/C20H23ClF3N3OS/c1-5-27(3)13-25-18-9-14(2)19(11-17(18)21)29(4,28)26-12-15-7-6-8-16(10-15)20(22,23)24/h6-11,13H,5,12H2,1-4H3/b25-13-. The van der Waals surface area contributed by atoms with Crippen LogP contribution in [0.3, 0.4) is 0 Å². The lowest BCUT2D eigenvalue weighted by Crippen LogP contribution is -2.14. The first-order valence-corrected chi connectivity index (χ1v) is 11.1. The molecule has 2 aromatic rings. The molecular formula is C20H23ClF3N3OS. The molecule has 0 spiro atoms. The van der Waals surface area contributed by atoms with Crippen LogP contribution in [0.1, 0.15) is 23.6 Å². The van der Waals surface area contributed by atoms with Gasteiger partial charge in [-0.05, 0) is 49.2 Å². The highest BCUT2D eigenvalue weighted by Gasteiger charge is 2.30. The van der Waals surface area contributed by atoms with Crippen LogP contribution in [0.15, 0.2) is 50.6 Å². The van der Waals surface area contributed by atoms with Gasteiger partial charge in [-0.25, -0.2) is 13.6 Å². The van der Waals surface area contributed by atoms with Crippen molar-refractivity contribution < 1.29 is 17.4 Å². The van der Waals surface area contributed by atoms with Gasteiger partial charge in [0, 0.05) is 19.8 Å². The lowest BCUT2D eigenvalue weighted by atomic mass is 10.1. The summed E-state index contributed by atoms with van der Waals surface area (Å²) < 4.78 is 55.9. The fourth-order valence-electron chi connectivity index (χ4n) is 2.51. The highest BCUT2D eigenvalue weighted by Crippen LogP contribution is 2.32. The van der Waals surface area contributed by atoms with Crippen molar-refractivity contribution in [3.05, 3.63) is 58.1 Å². The maximum Gasteiger partial charge on any atom is 0.416 e. The Balaban J connectivity index is 2.34. The van der Waals surface area contributed by atoms with Crippen LogP contribution in [-0.4, -0.2) is 35.3 Å². The maximum atomic E-state index is 13.1. The van der Waals surface area contributed by atoms with Crippen LogP contribution >= 0.6 is 11.6 Å². The van der Waals surface area contributed by atoms with E-state index in [2.05, 4.69) is 9.36 Å². The molecule has 29 heavy (non-hydrogen) atoms. The topological polar surface area (TPSA) is 45.0 Å². The third-order valence-corrected chi connectivity index (χ3v) is 6.47. The van der Waals surface area contributed by atoms with Gasteiger partial charge in [-0.1, -0.05) is 23.7 Å². The van der Waals surface area contributed by atoms with Gasteiger partial charge in [0.05, 0.1) is 43.8 Å². The minimum Gasteiger partial charge on any atom is -0.366 e. The van der Waals surface area contributed by atoms with E-state index < -0.39 is 21.5 Å². The van der Waals surface area contributed by atoms with Gasteiger partial charge in [-0.2, -0.15) is 13.2 Å². The van der Waals surface area contributed by atoms with E-state index in [0.29, 0.717) is 26.7 Å². The van der Waals surface area contributed by atoms with E-state index in [1.165, 1.54) is 18.4 Å². The molecule has 0 bridgehead atoms. The van der Waals surface area contributed by atoms with Crippen LogP contribution in [0, 0.1) is 6.92 Å². The molecule has 1 atom stereocenters. The SMILES string of the molecule is CCN(C)/C=N\c1cc(C)c(S(C)(=O)=NCc2cccc(C(F)(F)F)c2)cc1Cl. The fourth-order valence-corrected chi connectivity index (χ4v) is 4.32. The average Bonchev–Trinajstić information content (AvgIpc) is 2.66. The number of nitrogens with zero attached hydrogens (tertiary/aromatic N) is 3. The molecule has 4 nitrogen and oxygen atoms in total. The van der Waals surface area contributed by atoms with Gasteiger partial charge < -0.3 is 4.90 Å². The molecule has 0 saturated heterocycles. The number of hydrogen-bond acceptors (Lipinski definition) is 3. The first-order valence-electron chi connectivity index (χ1n) is 8.82. The third-order valence-electron chi connectivity index (χ3n) is 4.29. The van der Waals surface area contributed by atoms with Crippen LogP contribution in [0.4, 0.5) is 18.9 Å². The lowest BCUT2D eigenvalue weighted by Gasteiger charge is -2.12. The highest BCUT2D eigenvalue weighted by atomic mass is 35.5. The van der Waals surface area contributed by atoms with Gasteiger partial charge in [0.2, 0.25) is 0 Å². The smallest absolute Gasteiger partial charge is 0.366 e. The van der Waals surface area contributed by atoms with Crippen molar-refractivity contribution in [2.75, 3.05) is 19.8 Å². The zero-order chi connectivity index (χ0) is 21.8. The Morgan fingerprint density at radius 2 is 1.93 bits per heavy atom. The van der Waals surface area contributed by atoms with Crippen LogP contribution in [0.25, 0.3) is 0 Å². The second-order valence-corrected chi connectivity index (χ2v) is 9.39. The molecule has 0 aromatic heterocycles. The predicted molar refractivity (Wildman–Crippen MR) is 113 cm³/mol. The Kier molecular flexibility index (Phi) is 7.35. The maximum absolute atomic E-state index is 13.1. The molecule has 0 amide bonds. The molecule has 9 heteroatoms. The first-order chi connectivity index (χ1) is 13.4.